The number of hydrogen-bond acceptors (Lipinski definition) is 3. The van der Waals surface area contributed by atoms with Crippen molar-refractivity contribution >= 4 is 11.7 Å². The first kappa shape index (κ1) is 18.6. The van der Waals surface area contributed by atoms with E-state index in [9.17, 15) is 18.0 Å². The number of ether oxygens (including phenoxy) is 1. The summed E-state index contributed by atoms with van der Waals surface area (Å²) < 4.78 is 45.8. The molecule has 0 aliphatic carbocycles. The van der Waals surface area contributed by atoms with Gasteiger partial charge in [-0.1, -0.05) is 31.5 Å². The van der Waals surface area contributed by atoms with Gasteiger partial charge >= 0.3 is 12.1 Å². The number of anilines is 1. The van der Waals surface area contributed by atoms with Crippen LogP contribution in [0, 0.1) is 0 Å². The molecule has 2 N–H and O–H groups in total. The SMILES string of the molecule is CCCCNc1cc(C(=O)O)cc(C(F)(F)F)c1Oc1ccccc1. The Morgan fingerprint density at radius 2 is 1.88 bits per heavy atom. The molecule has 25 heavy (non-hydrogen) atoms. The molecule has 4 nitrogen and oxygen atoms in total. The number of halogens is 3. The number of aromatic carboxylic acids is 1. The Morgan fingerprint density at radius 3 is 2.44 bits per heavy atom. The second-order valence-corrected chi connectivity index (χ2v) is 5.40. The number of unbranched alkanes of at least 4 members (excludes halogenated alkanes) is 1. The molecule has 2 rings (SSSR count). The summed E-state index contributed by atoms with van der Waals surface area (Å²) in [6.45, 7) is 2.35. The van der Waals surface area contributed by atoms with Crippen molar-refractivity contribution in [2.45, 2.75) is 25.9 Å². The van der Waals surface area contributed by atoms with E-state index >= 15 is 0 Å². The van der Waals surface area contributed by atoms with Gasteiger partial charge in [-0.15, -0.1) is 0 Å². The van der Waals surface area contributed by atoms with Crippen LogP contribution in [0.1, 0.15) is 35.7 Å². The molecule has 0 saturated carbocycles. The van der Waals surface area contributed by atoms with Crippen molar-refractivity contribution in [2.75, 3.05) is 11.9 Å². The van der Waals surface area contributed by atoms with E-state index < -0.39 is 29.0 Å². The van der Waals surface area contributed by atoms with Crippen LogP contribution in [-0.2, 0) is 6.18 Å². The summed E-state index contributed by atoms with van der Waals surface area (Å²) in [4.78, 5) is 11.2. The Labute approximate surface area is 143 Å². The Hall–Kier alpha value is -2.70. The Bertz CT molecular complexity index is 730. The minimum absolute atomic E-state index is 0.00419. The van der Waals surface area contributed by atoms with Gasteiger partial charge < -0.3 is 15.2 Å². The van der Waals surface area contributed by atoms with Crippen LogP contribution in [0.15, 0.2) is 42.5 Å². The maximum atomic E-state index is 13.5. The molecule has 0 aromatic heterocycles. The van der Waals surface area contributed by atoms with E-state index in [2.05, 4.69) is 5.32 Å². The average Bonchev–Trinajstić information content (AvgIpc) is 2.56. The number of carboxylic acid groups (broad SMARTS) is 1. The number of hydrogen-bond donors (Lipinski definition) is 2. The van der Waals surface area contributed by atoms with Crippen molar-refractivity contribution < 1.29 is 27.8 Å². The van der Waals surface area contributed by atoms with E-state index in [1.807, 2.05) is 6.92 Å². The molecule has 0 heterocycles. The molecule has 0 aliphatic rings. The van der Waals surface area contributed by atoms with Crippen LogP contribution in [0.2, 0.25) is 0 Å². The molecule has 0 radical (unpaired) electrons. The highest BCUT2D eigenvalue weighted by Crippen LogP contribution is 2.43. The number of alkyl halides is 3. The van der Waals surface area contributed by atoms with Crippen molar-refractivity contribution in [1.29, 1.82) is 0 Å². The summed E-state index contributed by atoms with van der Waals surface area (Å²) in [5, 5.41) is 12.0. The van der Waals surface area contributed by atoms with Gasteiger partial charge in [0.25, 0.3) is 0 Å². The lowest BCUT2D eigenvalue weighted by molar-refractivity contribution is -0.138. The second kappa shape index (κ2) is 7.92. The van der Waals surface area contributed by atoms with Crippen LogP contribution < -0.4 is 10.1 Å². The molecule has 0 aliphatic heterocycles. The topological polar surface area (TPSA) is 58.6 Å². The second-order valence-electron chi connectivity index (χ2n) is 5.40. The van der Waals surface area contributed by atoms with E-state index in [4.69, 9.17) is 9.84 Å². The summed E-state index contributed by atoms with van der Waals surface area (Å²) in [5.41, 5.74) is -1.58. The van der Waals surface area contributed by atoms with Crippen molar-refractivity contribution in [3.05, 3.63) is 53.6 Å². The van der Waals surface area contributed by atoms with Crippen LogP contribution in [-0.4, -0.2) is 17.6 Å². The lowest BCUT2D eigenvalue weighted by Crippen LogP contribution is -2.13. The van der Waals surface area contributed by atoms with Crippen molar-refractivity contribution in [2.24, 2.45) is 0 Å². The van der Waals surface area contributed by atoms with E-state index in [0.717, 1.165) is 18.9 Å². The Kier molecular flexibility index (Phi) is 5.90. The lowest BCUT2D eigenvalue weighted by Gasteiger charge is -2.19. The largest absolute Gasteiger partial charge is 0.478 e. The average molecular weight is 353 g/mol. The number of carbonyl (C=O) groups is 1. The van der Waals surface area contributed by atoms with Gasteiger partial charge in [0.2, 0.25) is 0 Å². The number of benzene rings is 2. The minimum atomic E-state index is -4.75. The molecule has 0 spiro atoms. The third-order valence-corrected chi connectivity index (χ3v) is 3.45. The van der Waals surface area contributed by atoms with Gasteiger partial charge in [0.05, 0.1) is 11.3 Å². The van der Waals surface area contributed by atoms with Gasteiger partial charge in [-0.05, 0) is 30.7 Å². The van der Waals surface area contributed by atoms with Gasteiger partial charge in [0.1, 0.15) is 11.3 Å². The lowest BCUT2D eigenvalue weighted by atomic mass is 10.1. The van der Waals surface area contributed by atoms with Crippen molar-refractivity contribution in [3.8, 4) is 11.5 Å². The van der Waals surface area contributed by atoms with Crippen LogP contribution in [0.4, 0.5) is 18.9 Å². The molecule has 2 aromatic carbocycles. The molecule has 0 unspecified atom stereocenters. The van der Waals surface area contributed by atoms with E-state index in [1.54, 1.807) is 18.2 Å². The number of para-hydroxylation sites is 1. The predicted octanol–water partition coefficient (Wildman–Crippen LogP) is 5.41. The van der Waals surface area contributed by atoms with E-state index in [1.165, 1.54) is 12.1 Å². The van der Waals surface area contributed by atoms with Crippen molar-refractivity contribution in [3.63, 3.8) is 0 Å². The van der Waals surface area contributed by atoms with Gasteiger partial charge in [-0.3, -0.25) is 0 Å². The van der Waals surface area contributed by atoms with Gasteiger partial charge in [-0.2, -0.15) is 13.2 Å². The zero-order chi connectivity index (χ0) is 18.4. The zero-order valence-electron chi connectivity index (χ0n) is 13.6. The highest BCUT2D eigenvalue weighted by molar-refractivity contribution is 5.90. The number of nitrogens with one attached hydrogen (secondary N) is 1. The zero-order valence-corrected chi connectivity index (χ0v) is 13.6. The standard InChI is InChI=1S/C18H18F3NO3/c1-2-3-9-22-15-11-12(17(23)24)10-14(18(19,20)21)16(15)25-13-7-5-4-6-8-13/h4-8,10-11,22H,2-3,9H2,1H3,(H,23,24). The molecule has 0 atom stereocenters. The summed E-state index contributed by atoms with van der Waals surface area (Å²) in [6, 6.07) is 9.79. The van der Waals surface area contributed by atoms with Gasteiger partial charge in [0.15, 0.2) is 5.75 Å². The predicted molar refractivity (Wildman–Crippen MR) is 88.3 cm³/mol. The number of rotatable bonds is 7. The smallest absolute Gasteiger partial charge is 0.420 e. The normalized spacial score (nSPS) is 11.2. The summed E-state index contributed by atoms with van der Waals surface area (Å²) >= 11 is 0. The molecule has 0 amide bonds. The molecule has 0 fully saturated rings. The molecule has 0 bridgehead atoms. The van der Waals surface area contributed by atoms with Gasteiger partial charge in [0, 0.05) is 6.54 Å². The van der Waals surface area contributed by atoms with Crippen molar-refractivity contribution in [1.82, 2.24) is 0 Å². The van der Waals surface area contributed by atoms with Gasteiger partial charge in [-0.25, -0.2) is 4.79 Å². The fourth-order valence-electron chi connectivity index (χ4n) is 2.21. The summed E-state index contributed by atoms with van der Waals surface area (Å²) in [5.74, 6) is -1.63. The molecule has 2 aromatic rings. The number of carboxylic acids is 1. The monoisotopic (exact) mass is 353 g/mol. The molecular weight excluding hydrogens is 335 g/mol. The quantitative estimate of drug-likeness (QED) is 0.654. The summed E-state index contributed by atoms with van der Waals surface area (Å²) in [6.07, 6.45) is -3.19. The van der Waals surface area contributed by atoms with Crippen LogP contribution in [0.25, 0.3) is 0 Å². The summed E-state index contributed by atoms with van der Waals surface area (Å²) in [7, 11) is 0. The molecule has 7 heteroatoms. The Morgan fingerprint density at radius 1 is 1.20 bits per heavy atom. The highest BCUT2D eigenvalue weighted by atomic mass is 19.4. The fourth-order valence-corrected chi connectivity index (χ4v) is 2.21. The van der Waals surface area contributed by atoms with E-state index in [0.29, 0.717) is 12.6 Å². The first-order chi connectivity index (χ1) is 11.8. The third kappa shape index (κ3) is 4.89. The molecule has 0 saturated heterocycles. The third-order valence-electron chi connectivity index (χ3n) is 3.45. The first-order valence-electron chi connectivity index (χ1n) is 7.78. The van der Waals surface area contributed by atoms with Crippen LogP contribution >= 0.6 is 0 Å². The van der Waals surface area contributed by atoms with Crippen LogP contribution in [0.5, 0.6) is 11.5 Å². The maximum absolute atomic E-state index is 13.5. The van der Waals surface area contributed by atoms with E-state index in [-0.39, 0.29) is 11.4 Å². The molecule has 134 valence electrons. The molecular formula is C18H18F3NO3. The Balaban J connectivity index is 2.55. The fraction of sp³-hybridized carbons (Fsp3) is 0.278. The maximum Gasteiger partial charge on any atom is 0.420 e. The highest BCUT2D eigenvalue weighted by Gasteiger charge is 2.37. The van der Waals surface area contributed by atoms with Crippen LogP contribution in [0.3, 0.4) is 0 Å². The first-order valence-corrected chi connectivity index (χ1v) is 7.78. The minimum Gasteiger partial charge on any atom is -0.478 e.